The summed E-state index contributed by atoms with van der Waals surface area (Å²) in [5, 5.41) is -0.430. The molecule has 1 amide bonds. The van der Waals surface area contributed by atoms with Gasteiger partial charge in [0.05, 0.1) is 16.6 Å². The molecule has 1 atom stereocenters. The Bertz CT molecular complexity index is 2140. The number of amides is 1. The van der Waals surface area contributed by atoms with E-state index in [1.165, 1.54) is 31.3 Å². The molecule has 5 rings (SSSR count). The van der Waals surface area contributed by atoms with Gasteiger partial charge in [0.25, 0.3) is 0 Å². The number of hydrogen-bond donors (Lipinski definition) is 0. The van der Waals surface area contributed by atoms with Crippen molar-refractivity contribution in [1.82, 2.24) is 24.4 Å². The first kappa shape index (κ1) is 34.3. The third-order valence-corrected chi connectivity index (χ3v) is 9.03. The number of halogens is 2. The first-order valence-corrected chi connectivity index (χ1v) is 17.1. The third kappa shape index (κ3) is 6.29. The number of aromatic nitrogens is 4. The van der Waals surface area contributed by atoms with E-state index in [4.69, 9.17) is 4.74 Å². The number of rotatable bonds is 8. The van der Waals surface area contributed by atoms with Crippen LogP contribution in [0.4, 0.5) is 14.6 Å². The highest BCUT2D eigenvalue weighted by atomic mass is 32.2. The van der Waals surface area contributed by atoms with Gasteiger partial charge in [0.15, 0.2) is 26.3 Å². The average molecular weight is 681 g/mol. The number of esters is 1. The predicted octanol–water partition coefficient (Wildman–Crippen LogP) is 4.19. The first-order valence-electron chi connectivity index (χ1n) is 15.2. The van der Waals surface area contributed by atoms with Gasteiger partial charge >= 0.3 is 11.7 Å². The number of hydrogen-bond acceptors (Lipinski definition) is 10. The molecule has 12 nitrogen and oxygen atoms in total. The Morgan fingerprint density at radius 2 is 1.88 bits per heavy atom. The number of nitrogens with zero attached hydrogens (tertiary/aromatic N) is 6. The molecule has 3 aromatic heterocycles. The molecule has 48 heavy (non-hydrogen) atoms. The molecule has 0 spiro atoms. The predicted molar refractivity (Wildman–Crippen MR) is 175 cm³/mol. The molecule has 0 N–H and O–H groups in total. The van der Waals surface area contributed by atoms with E-state index in [9.17, 15) is 22.8 Å². The van der Waals surface area contributed by atoms with Crippen LogP contribution in [0.15, 0.2) is 59.0 Å². The zero-order chi connectivity index (χ0) is 35.1. The van der Waals surface area contributed by atoms with Gasteiger partial charge in [-0.1, -0.05) is 33.4 Å². The molecule has 4 heterocycles. The standard InChI is InChI=1S/C33H34F2N6O6S/c1-7-25(42)39-14-15-40(19(5)17-39)30-21-16-23(35)28(27-22(34)10-9-11-24(27)47-26(43)8-2)37-31(21)41(33(44)38-30)29-20(18(3)4)12-13-36-32(29)48(6,45)46/h7,9-13,16,18-19H,1,8,14-15,17H2,2-6H3/t19-/m0/s1. The Morgan fingerprint density at radius 1 is 1.15 bits per heavy atom. The number of fused-ring (bicyclic) bond motifs is 1. The number of carbonyl (C=O) groups is 2. The van der Waals surface area contributed by atoms with E-state index < -0.39 is 55.5 Å². The summed E-state index contributed by atoms with van der Waals surface area (Å²) in [6.45, 7) is 11.1. The van der Waals surface area contributed by atoms with Crippen LogP contribution < -0.4 is 15.3 Å². The van der Waals surface area contributed by atoms with Gasteiger partial charge in [0.1, 0.15) is 23.1 Å². The summed E-state index contributed by atoms with van der Waals surface area (Å²) in [6.07, 6.45) is 3.40. The van der Waals surface area contributed by atoms with Gasteiger partial charge in [-0.3, -0.25) is 9.59 Å². The van der Waals surface area contributed by atoms with E-state index in [1.54, 1.807) is 36.6 Å². The molecule has 0 aliphatic carbocycles. The molecule has 0 saturated carbocycles. The lowest BCUT2D eigenvalue weighted by Crippen LogP contribution is -2.54. The minimum atomic E-state index is -4.05. The van der Waals surface area contributed by atoms with Crippen LogP contribution in [0, 0.1) is 11.6 Å². The largest absolute Gasteiger partial charge is 0.426 e. The van der Waals surface area contributed by atoms with Gasteiger partial charge in [-0.05, 0) is 48.7 Å². The van der Waals surface area contributed by atoms with Gasteiger partial charge in [0.2, 0.25) is 5.91 Å². The number of carbonyl (C=O) groups excluding carboxylic acids is 2. The van der Waals surface area contributed by atoms with Crippen LogP contribution in [0.3, 0.4) is 0 Å². The maximum Gasteiger partial charge on any atom is 0.355 e. The summed E-state index contributed by atoms with van der Waals surface area (Å²) in [4.78, 5) is 54.9. The summed E-state index contributed by atoms with van der Waals surface area (Å²) in [7, 11) is -4.05. The molecule has 1 aliphatic heterocycles. The first-order chi connectivity index (χ1) is 22.7. The Balaban J connectivity index is 1.90. The van der Waals surface area contributed by atoms with E-state index >= 15 is 8.78 Å². The second-order valence-electron chi connectivity index (χ2n) is 11.7. The van der Waals surface area contributed by atoms with Gasteiger partial charge in [-0.2, -0.15) is 4.98 Å². The van der Waals surface area contributed by atoms with Crippen LogP contribution >= 0.6 is 0 Å². The zero-order valence-electron chi connectivity index (χ0n) is 27.0. The number of anilines is 1. The van der Waals surface area contributed by atoms with E-state index in [0.29, 0.717) is 5.56 Å². The lowest BCUT2D eigenvalue weighted by atomic mass is 10.0. The lowest BCUT2D eigenvalue weighted by Gasteiger charge is -2.40. The van der Waals surface area contributed by atoms with Crippen LogP contribution in [-0.2, 0) is 19.4 Å². The van der Waals surface area contributed by atoms with Crippen molar-refractivity contribution in [3.63, 3.8) is 0 Å². The summed E-state index contributed by atoms with van der Waals surface area (Å²) in [5.74, 6) is -3.55. The molecule has 1 saturated heterocycles. The zero-order valence-corrected chi connectivity index (χ0v) is 27.8. The Labute approximate surface area is 275 Å². The highest BCUT2D eigenvalue weighted by Crippen LogP contribution is 2.38. The van der Waals surface area contributed by atoms with Gasteiger partial charge in [-0.15, -0.1) is 0 Å². The summed E-state index contributed by atoms with van der Waals surface area (Å²) in [6, 6.07) is 5.80. The van der Waals surface area contributed by atoms with Gasteiger partial charge < -0.3 is 14.5 Å². The van der Waals surface area contributed by atoms with Crippen molar-refractivity contribution in [2.45, 2.75) is 51.1 Å². The fourth-order valence-electron chi connectivity index (χ4n) is 5.73. The lowest BCUT2D eigenvalue weighted by molar-refractivity contribution is -0.134. The minimum absolute atomic E-state index is 0.00708. The van der Waals surface area contributed by atoms with Crippen molar-refractivity contribution in [2.75, 3.05) is 30.8 Å². The second-order valence-corrected chi connectivity index (χ2v) is 13.6. The maximum absolute atomic E-state index is 16.3. The quantitative estimate of drug-likeness (QED) is 0.151. The second kappa shape index (κ2) is 13.2. The molecule has 0 radical (unpaired) electrons. The van der Waals surface area contributed by atoms with Crippen LogP contribution in [0.25, 0.3) is 28.0 Å². The number of benzene rings is 1. The molecular formula is C33H34F2N6O6S. The maximum atomic E-state index is 16.3. The molecule has 252 valence electrons. The fraction of sp³-hybridized carbons (Fsp3) is 0.333. The Morgan fingerprint density at radius 3 is 2.50 bits per heavy atom. The van der Waals surface area contributed by atoms with E-state index in [1.807, 2.05) is 0 Å². The number of sulfone groups is 1. The molecule has 0 bridgehead atoms. The van der Waals surface area contributed by atoms with Crippen molar-refractivity contribution >= 4 is 38.6 Å². The third-order valence-electron chi connectivity index (χ3n) is 8.03. The molecule has 1 fully saturated rings. The monoisotopic (exact) mass is 680 g/mol. The normalized spacial score (nSPS) is 15.2. The average Bonchev–Trinajstić information content (AvgIpc) is 3.03. The molecule has 1 aromatic carbocycles. The van der Waals surface area contributed by atoms with Crippen LogP contribution in [0.1, 0.15) is 45.6 Å². The molecule has 4 aromatic rings. The highest BCUT2D eigenvalue weighted by molar-refractivity contribution is 7.90. The van der Waals surface area contributed by atoms with Crippen LogP contribution in [-0.4, -0.2) is 76.6 Å². The summed E-state index contributed by atoms with van der Waals surface area (Å²) >= 11 is 0. The number of ether oxygens (including phenoxy) is 1. The Kier molecular flexibility index (Phi) is 9.44. The van der Waals surface area contributed by atoms with Crippen LogP contribution in [0.2, 0.25) is 0 Å². The summed E-state index contributed by atoms with van der Waals surface area (Å²) < 4.78 is 64.2. The van der Waals surface area contributed by atoms with Crippen molar-refractivity contribution in [3.05, 3.63) is 76.9 Å². The number of pyridine rings is 2. The highest BCUT2D eigenvalue weighted by Gasteiger charge is 2.32. The summed E-state index contributed by atoms with van der Waals surface area (Å²) in [5.41, 5.74) is -1.98. The SMILES string of the molecule is C=CC(=O)N1CCN(c2nc(=O)n(-c3c(C(C)C)ccnc3S(C)(=O)=O)c3nc(-c4c(F)cccc4OC(=O)CC)c(F)cc23)[C@@H](C)C1. The van der Waals surface area contributed by atoms with Gasteiger partial charge in [-0.25, -0.2) is 36.5 Å². The van der Waals surface area contributed by atoms with Crippen LogP contribution in [0.5, 0.6) is 5.75 Å². The number of piperazine rings is 1. The van der Waals surface area contributed by atoms with Crippen molar-refractivity contribution in [2.24, 2.45) is 0 Å². The fourth-order valence-corrected chi connectivity index (χ4v) is 6.54. The smallest absolute Gasteiger partial charge is 0.355 e. The van der Waals surface area contributed by atoms with E-state index in [0.717, 1.165) is 23.0 Å². The van der Waals surface area contributed by atoms with Crippen molar-refractivity contribution in [1.29, 1.82) is 0 Å². The van der Waals surface area contributed by atoms with Crippen molar-refractivity contribution < 1.29 is 31.5 Å². The van der Waals surface area contributed by atoms with E-state index in [-0.39, 0.29) is 66.2 Å². The molecule has 15 heteroatoms. The molecular weight excluding hydrogens is 646 g/mol. The molecule has 1 aliphatic rings. The topological polar surface area (TPSA) is 145 Å². The minimum Gasteiger partial charge on any atom is -0.426 e. The Hall–Kier alpha value is -5.05. The van der Waals surface area contributed by atoms with E-state index in [2.05, 4.69) is 21.5 Å². The van der Waals surface area contributed by atoms with Gasteiger partial charge in [0, 0.05) is 44.5 Å². The van der Waals surface area contributed by atoms with Crippen molar-refractivity contribution in [3.8, 4) is 22.7 Å². The molecule has 0 unspecified atom stereocenters.